The number of anilines is 1. The smallest absolute Gasteiger partial charge is 0.248 e. The lowest BCUT2D eigenvalue weighted by atomic mass is 9.78. The average Bonchev–Trinajstić information content (AvgIpc) is 2.34. The molecule has 1 aliphatic rings. The van der Waals surface area contributed by atoms with Crippen molar-refractivity contribution in [1.29, 1.82) is 0 Å². The van der Waals surface area contributed by atoms with E-state index in [0.717, 1.165) is 5.69 Å². The Bertz CT molecular complexity index is 420. The fourth-order valence-electron chi connectivity index (χ4n) is 2.92. The number of carbonyl (C=O) groups is 1. The summed E-state index contributed by atoms with van der Waals surface area (Å²) in [5.74, 6) is 0.973. The highest BCUT2D eigenvalue weighted by molar-refractivity contribution is 5.93. The van der Waals surface area contributed by atoms with Crippen LogP contribution in [0, 0.1) is 11.8 Å². The number of rotatable bonds is 3. The van der Waals surface area contributed by atoms with Crippen molar-refractivity contribution in [2.45, 2.75) is 39.2 Å². The third kappa shape index (κ3) is 2.84. The molecule has 1 saturated carbocycles. The normalized spacial score (nSPS) is 27.8. The number of hydrogen-bond donors (Lipinski definition) is 2. The molecule has 0 radical (unpaired) electrons. The van der Waals surface area contributed by atoms with Gasteiger partial charge in [0, 0.05) is 17.3 Å². The molecule has 2 rings (SSSR count). The number of amides is 1. The zero-order valence-corrected chi connectivity index (χ0v) is 11.1. The standard InChI is InChI=1S/C15H22N2O/c1-10-5-3-6-11(2)14(10)17-13-8-4-7-12(9-13)15(16)18/h4,7-11,14,17H,3,5-6H2,1-2H3,(H2,16,18). The second-order valence-electron chi connectivity index (χ2n) is 5.50. The van der Waals surface area contributed by atoms with Crippen LogP contribution in [0.5, 0.6) is 0 Å². The maximum absolute atomic E-state index is 11.2. The lowest BCUT2D eigenvalue weighted by Crippen LogP contribution is -2.37. The highest BCUT2D eigenvalue weighted by atomic mass is 16.1. The van der Waals surface area contributed by atoms with Gasteiger partial charge in [0.1, 0.15) is 0 Å². The van der Waals surface area contributed by atoms with Crippen molar-refractivity contribution in [2.24, 2.45) is 17.6 Å². The second-order valence-corrected chi connectivity index (χ2v) is 5.50. The largest absolute Gasteiger partial charge is 0.382 e. The van der Waals surface area contributed by atoms with E-state index in [2.05, 4.69) is 19.2 Å². The van der Waals surface area contributed by atoms with Gasteiger partial charge in [-0.1, -0.05) is 26.3 Å². The maximum atomic E-state index is 11.2. The van der Waals surface area contributed by atoms with E-state index in [1.54, 1.807) is 6.07 Å². The van der Waals surface area contributed by atoms with Gasteiger partial charge in [-0.25, -0.2) is 0 Å². The van der Waals surface area contributed by atoms with Gasteiger partial charge in [-0.05, 0) is 42.9 Å². The van der Waals surface area contributed by atoms with E-state index in [9.17, 15) is 4.79 Å². The summed E-state index contributed by atoms with van der Waals surface area (Å²) >= 11 is 0. The summed E-state index contributed by atoms with van der Waals surface area (Å²) in [4.78, 5) is 11.2. The van der Waals surface area contributed by atoms with Crippen molar-refractivity contribution in [1.82, 2.24) is 0 Å². The van der Waals surface area contributed by atoms with Crippen LogP contribution in [0.4, 0.5) is 5.69 Å². The van der Waals surface area contributed by atoms with Gasteiger partial charge in [0.25, 0.3) is 0 Å². The quantitative estimate of drug-likeness (QED) is 0.861. The van der Waals surface area contributed by atoms with Crippen LogP contribution in [0.2, 0.25) is 0 Å². The van der Waals surface area contributed by atoms with E-state index < -0.39 is 0 Å². The van der Waals surface area contributed by atoms with Crippen LogP contribution in [0.15, 0.2) is 24.3 Å². The van der Waals surface area contributed by atoms with Gasteiger partial charge in [-0.2, -0.15) is 0 Å². The molecule has 0 aliphatic heterocycles. The van der Waals surface area contributed by atoms with E-state index in [1.165, 1.54) is 19.3 Å². The SMILES string of the molecule is CC1CCCC(C)C1Nc1cccc(C(N)=O)c1. The van der Waals surface area contributed by atoms with Gasteiger partial charge in [0.15, 0.2) is 0 Å². The first-order chi connectivity index (χ1) is 8.58. The molecule has 3 N–H and O–H groups in total. The fourth-order valence-corrected chi connectivity index (χ4v) is 2.92. The highest BCUT2D eigenvalue weighted by Crippen LogP contribution is 2.31. The molecule has 0 aromatic heterocycles. The topological polar surface area (TPSA) is 55.1 Å². The Hall–Kier alpha value is -1.51. The second kappa shape index (κ2) is 5.42. The lowest BCUT2D eigenvalue weighted by Gasteiger charge is -2.36. The van der Waals surface area contributed by atoms with Crippen molar-refractivity contribution in [3.63, 3.8) is 0 Å². The van der Waals surface area contributed by atoms with Gasteiger partial charge in [-0.3, -0.25) is 4.79 Å². The molecule has 2 atom stereocenters. The number of nitrogens with two attached hydrogens (primary N) is 1. The zero-order chi connectivity index (χ0) is 13.1. The molecule has 2 unspecified atom stereocenters. The molecule has 1 aromatic carbocycles. The molecule has 18 heavy (non-hydrogen) atoms. The Morgan fingerprint density at radius 3 is 2.56 bits per heavy atom. The minimum absolute atomic E-state index is 0.372. The van der Waals surface area contributed by atoms with Crippen LogP contribution < -0.4 is 11.1 Å². The van der Waals surface area contributed by atoms with E-state index >= 15 is 0 Å². The molecule has 0 spiro atoms. The number of hydrogen-bond acceptors (Lipinski definition) is 2. The van der Waals surface area contributed by atoms with Crippen molar-refractivity contribution in [3.05, 3.63) is 29.8 Å². The van der Waals surface area contributed by atoms with Crippen LogP contribution in [0.1, 0.15) is 43.5 Å². The highest BCUT2D eigenvalue weighted by Gasteiger charge is 2.27. The van der Waals surface area contributed by atoms with E-state index in [-0.39, 0.29) is 5.91 Å². The van der Waals surface area contributed by atoms with Crippen molar-refractivity contribution in [3.8, 4) is 0 Å². The monoisotopic (exact) mass is 246 g/mol. The van der Waals surface area contributed by atoms with E-state index in [0.29, 0.717) is 23.4 Å². The summed E-state index contributed by atoms with van der Waals surface area (Å²) < 4.78 is 0. The molecule has 1 amide bonds. The summed E-state index contributed by atoms with van der Waals surface area (Å²) in [6.45, 7) is 4.59. The molecule has 1 aliphatic carbocycles. The number of benzene rings is 1. The van der Waals surface area contributed by atoms with Crippen LogP contribution in [0.25, 0.3) is 0 Å². The minimum atomic E-state index is -0.372. The third-order valence-corrected chi connectivity index (χ3v) is 4.03. The van der Waals surface area contributed by atoms with Crippen LogP contribution in [-0.4, -0.2) is 11.9 Å². The molecule has 3 nitrogen and oxygen atoms in total. The summed E-state index contributed by atoms with van der Waals surface area (Å²) in [5, 5.41) is 3.57. The Labute approximate surface area is 109 Å². The van der Waals surface area contributed by atoms with E-state index in [1.807, 2.05) is 18.2 Å². The molecule has 1 fully saturated rings. The summed E-state index contributed by atoms with van der Waals surface area (Å²) in [7, 11) is 0. The minimum Gasteiger partial charge on any atom is -0.382 e. The van der Waals surface area contributed by atoms with Gasteiger partial charge in [0.05, 0.1) is 0 Å². The third-order valence-electron chi connectivity index (χ3n) is 4.03. The molecule has 1 aromatic rings. The molecular formula is C15H22N2O. The maximum Gasteiger partial charge on any atom is 0.248 e. The zero-order valence-electron chi connectivity index (χ0n) is 11.1. The predicted octanol–water partition coefficient (Wildman–Crippen LogP) is 3.02. The average molecular weight is 246 g/mol. The van der Waals surface area contributed by atoms with Crippen LogP contribution in [-0.2, 0) is 0 Å². The first-order valence-electron chi connectivity index (χ1n) is 6.74. The molecule has 0 heterocycles. The summed E-state index contributed by atoms with van der Waals surface area (Å²) in [6, 6.07) is 7.96. The molecule has 3 heteroatoms. The Morgan fingerprint density at radius 1 is 1.28 bits per heavy atom. The number of nitrogens with one attached hydrogen (secondary N) is 1. The van der Waals surface area contributed by atoms with Crippen LogP contribution >= 0.6 is 0 Å². The Morgan fingerprint density at radius 2 is 1.94 bits per heavy atom. The van der Waals surface area contributed by atoms with Crippen molar-refractivity contribution in [2.75, 3.05) is 5.32 Å². The fraction of sp³-hybridized carbons (Fsp3) is 0.533. The first-order valence-corrected chi connectivity index (χ1v) is 6.74. The molecule has 0 bridgehead atoms. The summed E-state index contributed by atoms with van der Waals surface area (Å²) in [5.41, 5.74) is 6.87. The molecule has 98 valence electrons. The van der Waals surface area contributed by atoms with Crippen molar-refractivity contribution < 1.29 is 4.79 Å². The number of carbonyl (C=O) groups excluding carboxylic acids is 1. The predicted molar refractivity (Wildman–Crippen MR) is 74.5 cm³/mol. The first kappa shape index (κ1) is 12.9. The lowest BCUT2D eigenvalue weighted by molar-refractivity contribution is 0.100. The van der Waals surface area contributed by atoms with Gasteiger partial charge < -0.3 is 11.1 Å². The van der Waals surface area contributed by atoms with Gasteiger partial charge >= 0.3 is 0 Å². The van der Waals surface area contributed by atoms with Crippen LogP contribution in [0.3, 0.4) is 0 Å². The summed E-state index contributed by atoms with van der Waals surface area (Å²) in [6.07, 6.45) is 3.87. The Kier molecular flexibility index (Phi) is 3.90. The molecule has 0 saturated heterocycles. The molecular weight excluding hydrogens is 224 g/mol. The van der Waals surface area contributed by atoms with Crippen molar-refractivity contribution >= 4 is 11.6 Å². The van der Waals surface area contributed by atoms with Gasteiger partial charge in [0.2, 0.25) is 5.91 Å². The van der Waals surface area contributed by atoms with Gasteiger partial charge in [-0.15, -0.1) is 0 Å². The van der Waals surface area contributed by atoms with E-state index in [4.69, 9.17) is 5.73 Å². The number of primary amides is 1. The Balaban J connectivity index is 2.12.